The van der Waals surface area contributed by atoms with E-state index in [1.54, 1.807) is 19.2 Å². The average Bonchev–Trinajstić information content (AvgIpc) is 2.72. The van der Waals surface area contributed by atoms with Crippen molar-refractivity contribution >= 4 is 23.4 Å². The summed E-state index contributed by atoms with van der Waals surface area (Å²) >= 11 is 7.31. The maximum atomic E-state index is 11.1. The second-order valence-electron chi connectivity index (χ2n) is 3.87. The predicted octanol–water partition coefficient (Wildman–Crippen LogP) is 2.32. The van der Waals surface area contributed by atoms with E-state index in [0.717, 1.165) is 17.9 Å². The van der Waals surface area contributed by atoms with Crippen molar-refractivity contribution in [3.63, 3.8) is 0 Å². The van der Waals surface area contributed by atoms with Crippen LogP contribution in [0.2, 0.25) is 5.02 Å². The highest BCUT2D eigenvalue weighted by atomic mass is 35.5. The van der Waals surface area contributed by atoms with Gasteiger partial charge in [-0.1, -0.05) is 23.4 Å². The van der Waals surface area contributed by atoms with E-state index in [-0.39, 0.29) is 5.69 Å². The molecule has 0 radical (unpaired) electrons. The Kier molecular flexibility index (Phi) is 4.93. The molecule has 19 heavy (non-hydrogen) atoms. The lowest BCUT2D eigenvalue weighted by atomic mass is 10.3. The number of halogens is 1. The van der Waals surface area contributed by atoms with E-state index in [1.807, 2.05) is 12.1 Å². The summed E-state index contributed by atoms with van der Waals surface area (Å²) in [7, 11) is 1.69. The van der Waals surface area contributed by atoms with Crippen molar-refractivity contribution in [2.75, 3.05) is 12.4 Å². The van der Waals surface area contributed by atoms with Crippen molar-refractivity contribution in [3.05, 3.63) is 39.8 Å². The van der Waals surface area contributed by atoms with Crippen molar-refractivity contribution in [1.82, 2.24) is 14.8 Å². The molecule has 0 aliphatic rings. The molecule has 2 aromatic rings. The Labute approximate surface area is 119 Å². The van der Waals surface area contributed by atoms with Gasteiger partial charge in [0.05, 0.1) is 6.61 Å². The number of ether oxygens (including phenoxy) is 1. The van der Waals surface area contributed by atoms with Gasteiger partial charge in [-0.2, -0.15) is 0 Å². The van der Waals surface area contributed by atoms with Crippen LogP contribution >= 0.6 is 23.4 Å². The second-order valence-corrected chi connectivity index (χ2v) is 5.37. The predicted molar refractivity (Wildman–Crippen MR) is 76.1 cm³/mol. The fourth-order valence-corrected chi connectivity index (χ4v) is 2.36. The molecule has 0 fully saturated rings. The molecular formula is C12H14ClN3O2S. The first-order valence-electron chi connectivity index (χ1n) is 5.79. The molecule has 1 aromatic carbocycles. The topological polar surface area (TPSA) is 59.9 Å². The summed E-state index contributed by atoms with van der Waals surface area (Å²) in [6.45, 7) is 0.618. The minimum Gasteiger partial charge on any atom is -0.494 e. The molecule has 0 bridgehead atoms. The van der Waals surface area contributed by atoms with Gasteiger partial charge in [-0.3, -0.25) is 4.57 Å². The normalized spacial score (nSPS) is 10.6. The Morgan fingerprint density at radius 3 is 2.79 bits per heavy atom. The number of benzene rings is 1. The first kappa shape index (κ1) is 14.0. The van der Waals surface area contributed by atoms with Crippen LogP contribution in [0.25, 0.3) is 0 Å². The number of aromatic nitrogens is 3. The zero-order valence-corrected chi connectivity index (χ0v) is 12.0. The number of hydrogen-bond donors (Lipinski definition) is 1. The Bertz CT molecular complexity index is 579. The molecule has 7 heteroatoms. The van der Waals surface area contributed by atoms with Crippen LogP contribution in [0.15, 0.2) is 34.2 Å². The number of hydrogen-bond acceptors (Lipinski definition) is 4. The van der Waals surface area contributed by atoms with Crippen LogP contribution in [0.3, 0.4) is 0 Å². The lowest BCUT2D eigenvalue weighted by Crippen LogP contribution is -2.13. The lowest BCUT2D eigenvalue weighted by Gasteiger charge is -2.05. The van der Waals surface area contributed by atoms with Crippen LogP contribution in [0.4, 0.5) is 0 Å². The SMILES string of the molecule is Cn1c(SCCCOc2ccc(Cl)cc2)n[nH]c1=O. The third-order valence-corrected chi connectivity index (χ3v) is 3.81. The van der Waals surface area contributed by atoms with E-state index in [4.69, 9.17) is 16.3 Å². The molecule has 0 spiro atoms. The maximum absolute atomic E-state index is 11.1. The van der Waals surface area contributed by atoms with Crippen molar-refractivity contribution < 1.29 is 4.74 Å². The Balaban J connectivity index is 1.69. The van der Waals surface area contributed by atoms with E-state index >= 15 is 0 Å². The molecule has 1 aromatic heterocycles. The van der Waals surface area contributed by atoms with Gasteiger partial charge in [0.2, 0.25) is 0 Å². The highest BCUT2D eigenvalue weighted by molar-refractivity contribution is 7.99. The molecule has 1 N–H and O–H groups in total. The van der Waals surface area contributed by atoms with Gasteiger partial charge >= 0.3 is 5.69 Å². The Morgan fingerprint density at radius 2 is 2.16 bits per heavy atom. The van der Waals surface area contributed by atoms with Crippen LogP contribution < -0.4 is 10.4 Å². The smallest absolute Gasteiger partial charge is 0.343 e. The van der Waals surface area contributed by atoms with Crippen LogP contribution in [0, 0.1) is 0 Å². The van der Waals surface area contributed by atoms with Crippen molar-refractivity contribution in [1.29, 1.82) is 0 Å². The van der Waals surface area contributed by atoms with Gasteiger partial charge in [-0.15, -0.1) is 5.10 Å². The third-order valence-electron chi connectivity index (χ3n) is 2.44. The quantitative estimate of drug-likeness (QED) is 0.657. The van der Waals surface area contributed by atoms with Gasteiger partial charge in [0.1, 0.15) is 5.75 Å². The van der Waals surface area contributed by atoms with E-state index < -0.39 is 0 Å². The molecule has 0 amide bonds. The summed E-state index contributed by atoms with van der Waals surface area (Å²) in [5, 5.41) is 7.70. The van der Waals surface area contributed by atoms with Gasteiger partial charge in [-0.05, 0) is 30.7 Å². The Hall–Kier alpha value is -1.40. The highest BCUT2D eigenvalue weighted by Gasteiger charge is 2.03. The zero-order valence-electron chi connectivity index (χ0n) is 10.4. The summed E-state index contributed by atoms with van der Waals surface area (Å²) in [6.07, 6.45) is 0.869. The molecule has 2 rings (SSSR count). The van der Waals surface area contributed by atoms with Gasteiger partial charge in [0, 0.05) is 17.8 Å². The summed E-state index contributed by atoms with van der Waals surface area (Å²) in [4.78, 5) is 11.1. The molecule has 0 aliphatic carbocycles. The lowest BCUT2D eigenvalue weighted by molar-refractivity contribution is 0.318. The summed E-state index contributed by atoms with van der Waals surface area (Å²) in [5.74, 6) is 1.65. The Morgan fingerprint density at radius 1 is 1.42 bits per heavy atom. The molecule has 0 unspecified atom stereocenters. The summed E-state index contributed by atoms with van der Waals surface area (Å²) < 4.78 is 7.06. The first-order chi connectivity index (χ1) is 9.16. The van der Waals surface area contributed by atoms with Gasteiger partial charge in [0.15, 0.2) is 5.16 Å². The molecule has 0 saturated heterocycles. The van der Waals surface area contributed by atoms with Gasteiger partial charge in [0.25, 0.3) is 0 Å². The number of thioether (sulfide) groups is 1. The van der Waals surface area contributed by atoms with Crippen molar-refractivity contribution in [3.8, 4) is 5.75 Å². The van der Waals surface area contributed by atoms with Crippen molar-refractivity contribution in [2.45, 2.75) is 11.6 Å². The summed E-state index contributed by atoms with van der Waals surface area (Å²) in [6, 6.07) is 7.27. The molecule has 0 atom stereocenters. The third kappa shape index (κ3) is 4.04. The van der Waals surface area contributed by atoms with E-state index in [1.165, 1.54) is 16.3 Å². The minimum atomic E-state index is -0.195. The fourth-order valence-electron chi connectivity index (χ4n) is 1.40. The number of nitrogens with one attached hydrogen (secondary N) is 1. The molecule has 5 nitrogen and oxygen atoms in total. The maximum Gasteiger partial charge on any atom is 0.343 e. The standard InChI is InChI=1S/C12H14ClN3O2S/c1-16-11(17)14-15-12(16)19-8-2-7-18-10-5-3-9(13)4-6-10/h3-6H,2,7-8H2,1H3,(H,14,17). The average molecular weight is 300 g/mol. The van der Waals surface area contributed by atoms with E-state index in [0.29, 0.717) is 16.8 Å². The minimum absolute atomic E-state index is 0.195. The highest BCUT2D eigenvalue weighted by Crippen LogP contribution is 2.17. The monoisotopic (exact) mass is 299 g/mol. The molecule has 102 valence electrons. The summed E-state index contributed by atoms with van der Waals surface area (Å²) in [5.41, 5.74) is -0.195. The number of nitrogens with zero attached hydrogens (tertiary/aromatic N) is 2. The molecule has 0 aliphatic heterocycles. The van der Waals surface area contributed by atoms with Crippen molar-refractivity contribution in [2.24, 2.45) is 7.05 Å². The second kappa shape index (κ2) is 6.68. The number of aromatic amines is 1. The molecular weight excluding hydrogens is 286 g/mol. The zero-order chi connectivity index (χ0) is 13.7. The van der Waals surface area contributed by atoms with Crippen LogP contribution in [0.1, 0.15) is 6.42 Å². The molecule has 0 saturated carbocycles. The van der Waals surface area contributed by atoms with E-state index in [2.05, 4.69) is 10.2 Å². The first-order valence-corrected chi connectivity index (χ1v) is 7.16. The van der Waals surface area contributed by atoms with Crippen LogP contribution in [0.5, 0.6) is 5.75 Å². The number of H-pyrrole nitrogens is 1. The van der Waals surface area contributed by atoms with Crippen LogP contribution in [-0.4, -0.2) is 27.1 Å². The largest absolute Gasteiger partial charge is 0.494 e. The van der Waals surface area contributed by atoms with Crippen LogP contribution in [-0.2, 0) is 7.05 Å². The number of rotatable bonds is 6. The van der Waals surface area contributed by atoms with Gasteiger partial charge < -0.3 is 4.74 Å². The molecule has 1 heterocycles. The van der Waals surface area contributed by atoms with Gasteiger partial charge in [-0.25, -0.2) is 9.89 Å². The fraction of sp³-hybridized carbons (Fsp3) is 0.333. The van der Waals surface area contributed by atoms with E-state index in [9.17, 15) is 4.79 Å².